The third-order valence-corrected chi connectivity index (χ3v) is 4.27. The Bertz CT molecular complexity index is 703. The summed E-state index contributed by atoms with van der Waals surface area (Å²) in [5.74, 6) is -0.142. The maximum atomic E-state index is 13.3. The van der Waals surface area contributed by atoms with Gasteiger partial charge in [0.05, 0.1) is 12.9 Å². The monoisotopic (exact) mass is 333 g/mol. The van der Waals surface area contributed by atoms with Crippen LogP contribution in [0, 0.1) is 5.82 Å². The van der Waals surface area contributed by atoms with E-state index < -0.39 is 17.5 Å². The van der Waals surface area contributed by atoms with Crippen LogP contribution < -0.4 is 4.74 Å². The molecule has 1 aliphatic rings. The fourth-order valence-corrected chi connectivity index (χ4v) is 2.74. The minimum Gasteiger partial charge on any atom is -0.485 e. The average Bonchev–Trinajstić information content (AvgIpc) is 3.02. The predicted octanol–water partition coefficient (Wildman–Crippen LogP) is 1.45. The zero-order chi connectivity index (χ0) is 17.2. The molecule has 1 amide bonds. The minimum absolute atomic E-state index is 0.0728. The number of carbonyl (C=O) groups excluding carboxylic acids is 1. The highest BCUT2D eigenvalue weighted by molar-refractivity contribution is 5.76. The maximum absolute atomic E-state index is 13.3. The van der Waals surface area contributed by atoms with Crippen molar-refractivity contribution in [1.82, 2.24) is 14.5 Å². The highest BCUT2D eigenvalue weighted by Gasteiger charge is 2.40. The topological polar surface area (TPSA) is 67.6 Å². The highest BCUT2D eigenvalue weighted by atomic mass is 19.1. The van der Waals surface area contributed by atoms with Crippen molar-refractivity contribution in [2.24, 2.45) is 0 Å². The summed E-state index contributed by atoms with van der Waals surface area (Å²) in [5.41, 5.74) is -1.09. The number of likely N-dealkylation sites (tertiary alicyclic amines) is 1. The molecule has 0 saturated carbocycles. The number of aromatic nitrogens is 2. The molecule has 0 bridgehead atoms. The largest absolute Gasteiger partial charge is 0.485 e. The van der Waals surface area contributed by atoms with Gasteiger partial charge in [-0.2, -0.15) is 0 Å². The number of ether oxygens (including phenoxy) is 1. The van der Waals surface area contributed by atoms with E-state index in [0.717, 1.165) is 0 Å². The SMILES string of the molecule is C[C@@]1(O)CCN(C(=O)Cn2ccnc2)C[C@H]1Oc1cccc(F)c1. The first kappa shape index (κ1) is 16.4. The summed E-state index contributed by atoms with van der Waals surface area (Å²) in [4.78, 5) is 18.0. The van der Waals surface area contributed by atoms with Gasteiger partial charge in [-0.05, 0) is 25.5 Å². The molecule has 0 spiro atoms. The van der Waals surface area contributed by atoms with E-state index in [0.29, 0.717) is 18.7 Å². The predicted molar refractivity (Wildman–Crippen MR) is 84.9 cm³/mol. The number of piperidine rings is 1. The summed E-state index contributed by atoms with van der Waals surface area (Å²) < 4.78 is 20.8. The molecule has 3 rings (SSSR count). The van der Waals surface area contributed by atoms with Gasteiger partial charge in [0, 0.05) is 25.0 Å². The molecule has 0 radical (unpaired) electrons. The lowest BCUT2D eigenvalue weighted by atomic mass is 9.90. The van der Waals surface area contributed by atoms with Crippen LogP contribution in [-0.4, -0.2) is 50.3 Å². The zero-order valence-corrected chi connectivity index (χ0v) is 13.4. The molecule has 1 aromatic carbocycles. The third kappa shape index (κ3) is 3.73. The lowest BCUT2D eigenvalue weighted by molar-refractivity contribution is -0.144. The van der Waals surface area contributed by atoms with E-state index in [1.165, 1.54) is 12.1 Å². The van der Waals surface area contributed by atoms with Crippen LogP contribution in [0.1, 0.15) is 13.3 Å². The standard InChI is InChI=1S/C17H20FN3O3/c1-17(23)5-7-21(16(22)11-20-8-6-19-12-20)10-15(17)24-14-4-2-3-13(18)9-14/h2-4,6,8-9,12,15,23H,5,7,10-11H2,1H3/t15-,17-/m1/s1. The van der Waals surface area contributed by atoms with Crippen molar-refractivity contribution in [3.8, 4) is 5.75 Å². The first-order chi connectivity index (χ1) is 11.4. The number of imidazole rings is 1. The number of hydrogen-bond acceptors (Lipinski definition) is 4. The number of aliphatic hydroxyl groups is 1. The molecular weight excluding hydrogens is 313 g/mol. The highest BCUT2D eigenvalue weighted by Crippen LogP contribution is 2.27. The lowest BCUT2D eigenvalue weighted by Gasteiger charge is -2.42. The van der Waals surface area contributed by atoms with Crippen LogP contribution in [0.4, 0.5) is 4.39 Å². The van der Waals surface area contributed by atoms with Crippen LogP contribution in [0.15, 0.2) is 43.0 Å². The van der Waals surface area contributed by atoms with Gasteiger partial charge in [-0.15, -0.1) is 0 Å². The molecule has 1 fully saturated rings. The van der Waals surface area contributed by atoms with E-state index in [1.54, 1.807) is 47.2 Å². The number of halogens is 1. The number of benzene rings is 1. The molecule has 0 unspecified atom stereocenters. The fraction of sp³-hybridized carbons (Fsp3) is 0.412. The zero-order valence-electron chi connectivity index (χ0n) is 13.4. The van der Waals surface area contributed by atoms with Gasteiger partial charge in [0.15, 0.2) is 0 Å². The molecule has 1 aliphatic heterocycles. The van der Waals surface area contributed by atoms with E-state index >= 15 is 0 Å². The molecule has 0 aliphatic carbocycles. The molecular formula is C17H20FN3O3. The molecule has 128 valence electrons. The molecule has 6 nitrogen and oxygen atoms in total. The van der Waals surface area contributed by atoms with E-state index in [4.69, 9.17) is 4.74 Å². The number of hydrogen-bond donors (Lipinski definition) is 1. The van der Waals surface area contributed by atoms with Crippen molar-refractivity contribution in [2.45, 2.75) is 31.6 Å². The Kier molecular flexibility index (Phi) is 4.53. The lowest BCUT2D eigenvalue weighted by Crippen LogP contribution is -2.58. The van der Waals surface area contributed by atoms with Gasteiger partial charge in [-0.1, -0.05) is 6.07 Å². The van der Waals surface area contributed by atoms with E-state index in [9.17, 15) is 14.3 Å². The third-order valence-electron chi connectivity index (χ3n) is 4.27. The van der Waals surface area contributed by atoms with Crippen molar-refractivity contribution in [3.63, 3.8) is 0 Å². The van der Waals surface area contributed by atoms with Gasteiger partial charge in [0.25, 0.3) is 0 Å². The van der Waals surface area contributed by atoms with Gasteiger partial charge in [-0.25, -0.2) is 9.37 Å². The van der Waals surface area contributed by atoms with Crippen LogP contribution in [-0.2, 0) is 11.3 Å². The molecule has 2 aromatic rings. The second-order valence-electron chi connectivity index (χ2n) is 6.25. The Labute approximate surface area is 139 Å². The second-order valence-corrected chi connectivity index (χ2v) is 6.25. The first-order valence-corrected chi connectivity index (χ1v) is 7.82. The summed E-state index contributed by atoms with van der Waals surface area (Å²) in [7, 11) is 0. The maximum Gasteiger partial charge on any atom is 0.242 e. The van der Waals surface area contributed by atoms with Crippen molar-refractivity contribution < 1.29 is 19.0 Å². The van der Waals surface area contributed by atoms with Crippen molar-refractivity contribution in [3.05, 3.63) is 48.8 Å². The Hall–Kier alpha value is -2.41. The van der Waals surface area contributed by atoms with Gasteiger partial charge >= 0.3 is 0 Å². The van der Waals surface area contributed by atoms with Gasteiger partial charge in [-0.3, -0.25) is 4.79 Å². The van der Waals surface area contributed by atoms with Crippen LogP contribution >= 0.6 is 0 Å². The van der Waals surface area contributed by atoms with Gasteiger partial charge in [0.1, 0.15) is 29.8 Å². The van der Waals surface area contributed by atoms with E-state index in [1.807, 2.05) is 0 Å². The molecule has 1 aromatic heterocycles. The van der Waals surface area contributed by atoms with Gasteiger partial charge < -0.3 is 19.3 Å². The van der Waals surface area contributed by atoms with Crippen molar-refractivity contribution in [1.29, 1.82) is 0 Å². The number of rotatable bonds is 4. The van der Waals surface area contributed by atoms with E-state index in [-0.39, 0.29) is 19.0 Å². The van der Waals surface area contributed by atoms with Crippen molar-refractivity contribution >= 4 is 5.91 Å². The van der Waals surface area contributed by atoms with Crippen LogP contribution in [0.3, 0.4) is 0 Å². The number of amides is 1. The summed E-state index contributed by atoms with van der Waals surface area (Å²) in [6, 6.07) is 5.77. The molecule has 1 saturated heterocycles. The quantitative estimate of drug-likeness (QED) is 0.920. The van der Waals surface area contributed by atoms with Gasteiger partial charge in [0.2, 0.25) is 5.91 Å². The fourth-order valence-electron chi connectivity index (χ4n) is 2.74. The van der Waals surface area contributed by atoms with Crippen LogP contribution in [0.25, 0.3) is 0 Å². The Morgan fingerprint density at radius 3 is 3.08 bits per heavy atom. The molecule has 24 heavy (non-hydrogen) atoms. The molecule has 7 heteroatoms. The van der Waals surface area contributed by atoms with Crippen LogP contribution in [0.2, 0.25) is 0 Å². The smallest absolute Gasteiger partial charge is 0.242 e. The van der Waals surface area contributed by atoms with Crippen LogP contribution in [0.5, 0.6) is 5.75 Å². The summed E-state index contributed by atoms with van der Waals surface area (Å²) in [6.45, 7) is 2.56. The first-order valence-electron chi connectivity index (χ1n) is 7.82. The minimum atomic E-state index is -1.09. The Morgan fingerprint density at radius 2 is 2.38 bits per heavy atom. The number of nitrogens with zero attached hydrogens (tertiary/aromatic N) is 3. The molecule has 1 N–H and O–H groups in total. The second kappa shape index (κ2) is 6.60. The molecule has 2 atom stereocenters. The number of carbonyl (C=O) groups is 1. The summed E-state index contributed by atoms with van der Waals surface area (Å²) in [5, 5.41) is 10.5. The summed E-state index contributed by atoms with van der Waals surface area (Å²) >= 11 is 0. The Morgan fingerprint density at radius 1 is 1.54 bits per heavy atom. The Balaban J connectivity index is 1.69. The average molecular weight is 333 g/mol. The summed E-state index contributed by atoms with van der Waals surface area (Å²) in [6.07, 6.45) is 4.68. The van der Waals surface area contributed by atoms with Crippen molar-refractivity contribution in [2.75, 3.05) is 13.1 Å². The normalized spacial score (nSPS) is 24.0. The van der Waals surface area contributed by atoms with E-state index in [2.05, 4.69) is 4.98 Å². The molecule has 2 heterocycles.